The molecule has 27 heavy (non-hydrogen) atoms. The molecule has 4 rings (SSSR count). The fourth-order valence-electron chi connectivity index (χ4n) is 3.74. The molecular weight excluding hydrogens is 338 g/mol. The maximum absolute atomic E-state index is 5.45. The lowest BCUT2D eigenvalue weighted by Crippen LogP contribution is -2.47. The molecule has 1 aliphatic rings. The van der Waals surface area contributed by atoms with Gasteiger partial charge < -0.3 is 9.42 Å². The summed E-state index contributed by atoms with van der Waals surface area (Å²) in [5.41, 5.74) is 3.54. The van der Waals surface area contributed by atoms with E-state index < -0.39 is 0 Å². The molecule has 1 aliphatic heterocycles. The highest BCUT2D eigenvalue weighted by Gasteiger charge is 2.26. The van der Waals surface area contributed by atoms with Gasteiger partial charge in [0, 0.05) is 49.4 Å². The van der Waals surface area contributed by atoms with Crippen molar-refractivity contribution in [3.8, 4) is 0 Å². The van der Waals surface area contributed by atoms with Gasteiger partial charge in [-0.05, 0) is 25.5 Å². The number of aryl methyl sites for hydroxylation is 2. The molecule has 0 aliphatic carbocycles. The summed E-state index contributed by atoms with van der Waals surface area (Å²) in [4.78, 5) is 14.2. The highest BCUT2D eigenvalue weighted by Crippen LogP contribution is 2.29. The highest BCUT2D eigenvalue weighted by atomic mass is 16.5. The summed E-state index contributed by atoms with van der Waals surface area (Å²) in [7, 11) is 0. The van der Waals surface area contributed by atoms with Crippen LogP contribution in [0.25, 0.3) is 10.9 Å². The Morgan fingerprint density at radius 2 is 1.81 bits per heavy atom. The van der Waals surface area contributed by atoms with Crippen molar-refractivity contribution in [1.29, 1.82) is 0 Å². The number of fused-ring (bicyclic) bond motifs is 1. The minimum atomic E-state index is 0.153. The number of pyridine rings is 1. The van der Waals surface area contributed by atoms with Gasteiger partial charge >= 0.3 is 0 Å². The average molecular weight is 365 g/mol. The predicted octanol–water partition coefficient (Wildman–Crippen LogP) is 3.63. The van der Waals surface area contributed by atoms with Gasteiger partial charge in [0.15, 0.2) is 5.82 Å². The first-order valence-electron chi connectivity index (χ1n) is 9.89. The number of para-hydroxylation sites is 1. The van der Waals surface area contributed by atoms with E-state index in [-0.39, 0.29) is 6.04 Å². The Kier molecular flexibility index (Phi) is 5.07. The zero-order valence-corrected chi connectivity index (χ0v) is 16.4. The summed E-state index contributed by atoms with van der Waals surface area (Å²) < 4.78 is 5.45. The summed E-state index contributed by atoms with van der Waals surface area (Å²) in [6.45, 7) is 10.3. The van der Waals surface area contributed by atoms with Crippen LogP contribution in [-0.4, -0.2) is 46.2 Å². The lowest BCUT2D eigenvalue weighted by Gasteiger charge is -2.38. The van der Waals surface area contributed by atoms with Crippen LogP contribution in [0.4, 0.5) is 5.69 Å². The first-order valence-corrected chi connectivity index (χ1v) is 9.89. The third-order valence-corrected chi connectivity index (χ3v) is 5.47. The Balaban J connectivity index is 1.51. The van der Waals surface area contributed by atoms with E-state index in [1.54, 1.807) is 0 Å². The quantitative estimate of drug-likeness (QED) is 0.688. The molecule has 1 aromatic carbocycles. The molecule has 0 saturated carbocycles. The summed E-state index contributed by atoms with van der Waals surface area (Å²) in [5.74, 6) is 1.51. The van der Waals surface area contributed by atoms with Gasteiger partial charge in [-0.3, -0.25) is 9.88 Å². The van der Waals surface area contributed by atoms with E-state index in [2.05, 4.69) is 64.1 Å². The van der Waals surface area contributed by atoms with E-state index in [1.165, 1.54) is 11.1 Å². The number of hydrogen-bond donors (Lipinski definition) is 0. The third-order valence-electron chi connectivity index (χ3n) is 5.47. The van der Waals surface area contributed by atoms with Gasteiger partial charge in [-0.25, -0.2) is 0 Å². The normalized spacial score (nSPS) is 16.8. The van der Waals surface area contributed by atoms with Crippen LogP contribution in [0.15, 0.2) is 34.9 Å². The van der Waals surface area contributed by atoms with Gasteiger partial charge in [-0.1, -0.05) is 37.2 Å². The lowest BCUT2D eigenvalue weighted by molar-refractivity contribution is 0.164. The van der Waals surface area contributed by atoms with Crippen molar-refractivity contribution >= 4 is 16.6 Å². The molecule has 1 fully saturated rings. The topological polar surface area (TPSA) is 58.3 Å². The Morgan fingerprint density at radius 1 is 1.04 bits per heavy atom. The second-order valence-electron chi connectivity index (χ2n) is 7.10. The van der Waals surface area contributed by atoms with Crippen molar-refractivity contribution in [2.24, 2.45) is 0 Å². The molecule has 1 saturated heterocycles. The van der Waals surface area contributed by atoms with Crippen LogP contribution >= 0.6 is 0 Å². The van der Waals surface area contributed by atoms with E-state index >= 15 is 0 Å². The van der Waals surface area contributed by atoms with Crippen LogP contribution in [0.2, 0.25) is 0 Å². The number of piperazine rings is 1. The standard InChI is InChI=1S/C21H27N5O/c1-4-16-14-19(17-8-6-7-9-18(17)22-16)26-12-10-25(11-13-26)15(3)21-23-20(5-2)24-27-21/h6-9,14-15H,4-5,10-13H2,1-3H3. The molecule has 1 atom stereocenters. The van der Waals surface area contributed by atoms with Crippen LogP contribution in [-0.2, 0) is 12.8 Å². The van der Waals surface area contributed by atoms with Gasteiger partial charge in [-0.2, -0.15) is 4.98 Å². The van der Waals surface area contributed by atoms with Crippen molar-refractivity contribution in [3.63, 3.8) is 0 Å². The second-order valence-corrected chi connectivity index (χ2v) is 7.10. The largest absolute Gasteiger partial charge is 0.368 e. The van der Waals surface area contributed by atoms with Crippen LogP contribution in [0, 0.1) is 0 Å². The number of nitrogens with zero attached hydrogens (tertiary/aromatic N) is 5. The molecular formula is C21H27N5O. The molecule has 3 heterocycles. The van der Waals surface area contributed by atoms with Crippen LogP contribution in [0.1, 0.15) is 44.2 Å². The first kappa shape index (κ1) is 17.9. The van der Waals surface area contributed by atoms with Crippen molar-refractivity contribution in [1.82, 2.24) is 20.0 Å². The SMILES string of the molecule is CCc1cc(N2CCN(C(C)c3nc(CC)no3)CC2)c2ccccc2n1. The van der Waals surface area contributed by atoms with Crippen molar-refractivity contribution in [2.75, 3.05) is 31.1 Å². The molecule has 2 aromatic heterocycles. The molecule has 0 bridgehead atoms. The molecule has 0 radical (unpaired) electrons. The Labute approximate surface area is 160 Å². The van der Waals surface area contributed by atoms with Crippen LogP contribution < -0.4 is 4.90 Å². The fourth-order valence-corrected chi connectivity index (χ4v) is 3.74. The number of hydrogen-bond acceptors (Lipinski definition) is 6. The predicted molar refractivity (Wildman–Crippen MR) is 107 cm³/mol. The molecule has 0 N–H and O–H groups in total. The number of rotatable bonds is 5. The Morgan fingerprint density at radius 3 is 2.52 bits per heavy atom. The van der Waals surface area contributed by atoms with Gasteiger partial charge in [0.05, 0.1) is 11.6 Å². The number of benzene rings is 1. The fraction of sp³-hybridized carbons (Fsp3) is 0.476. The van der Waals surface area contributed by atoms with E-state index in [9.17, 15) is 0 Å². The van der Waals surface area contributed by atoms with Gasteiger partial charge in [0.2, 0.25) is 5.89 Å². The van der Waals surface area contributed by atoms with Crippen LogP contribution in [0.5, 0.6) is 0 Å². The summed E-state index contributed by atoms with van der Waals surface area (Å²) in [5, 5.41) is 5.27. The average Bonchev–Trinajstić information content (AvgIpc) is 3.22. The van der Waals surface area contributed by atoms with E-state index in [0.29, 0.717) is 0 Å². The maximum atomic E-state index is 5.45. The van der Waals surface area contributed by atoms with Gasteiger partial charge in [-0.15, -0.1) is 0 Å². The summed E-state index contributed by atoms with van der Waals surface area (Å²) in [6.07, 6.45) is 1.75. The summed E-state index contributed by atoms with van der Waals surface area (Å²) >= 11 is 0. The smallest absolute Gasteiger partial charge is 0.243 e. The second kappa shape index (κ2) is 7.64. The van der Waals surface area contributed by atoms with Crippen molar-refractivity contribution in [3.05, 3.63) is 47.7 Å². The molecule has 0 amide bonds. The Hall–Kier alpha value is -2.47. The number of aromatic nitrogens is 3. The third kappa shape index (κ3) is 3.54. The van der Waals surface area contributed by atoms with E-state index in [0.717, 1.165) is 61.9 Å². The molecule has 0 spiro atoms. The van der Waals surface area contributed by atoms with Crippen molar-refractivity contribution < 1.29 is 4.52 Å². The summed E-state index contributed by atoms with van der Waals surface area (Å²) in [6, 6.07) is 10.9. The minimum absolute atomic E-state index is 0.153. The van der Waals surface area contributed by atoms with Gasteiger partial charge in [0.25, 0.3) is 0 Å². The molecule has 1 unspecified atom stereocenters. The maximum Gasteiger partial charge on any atom is 0.243 e. The molecule has 6 heteroatoms. The van der Waals surface area contributed by atoms with Crippen LogP contribution in [0.3, 0.4) is 0 Å². The molecule has 3 aromatic rings. The number of anilines is 1. The van der Waals surface area contributed by atoms with E-state index in [4.69, 9.17) is 9.51 Å². The zero-order valence-electron chi connectivity index (χ0n) is 16.4. The Bertz CT molecular complexity index is 914. The minimum Gasteiger partial charge on any atom is -0.368 e. The monoisotopic (exact) mass is 365 g/mol. The highest BCUT2D eigenvalue weighted by molar-refractivity contribution is 5.92. The zero-order chi connectivity index (χ0) is 18.8. The van der Waals surface area contributed by atoms with E-state index in [1.807, 2.05) is 6.92 Å². The molecule has 142 valence electrons. The van der Waals surface area contributed by atoms with Crippen molar-refractivity contribution in [2.45, 2.75) is 39.7 Å². The molecule has 6 nitrogen and oxygen atoms in total. The van der Waals surface area contributed by atoms with Gasteiger partial charge in [0.1, 0.15) is 0 Å². The lowest BCUT2D eigenvalue weighted by atomic mass is 10.1. The first-order chi connectivity index (χ1) is 13.2.